The summed E-state index contributed by atoms with van der Waals surface area (Å²) >= 11 is 0. The third-order valence-corrected chi connectivity index (χ3v) is 5.01. The monoisotopic (exact) mass is 275 g/mol. The van der Waals surface area contributed by atoms with Crippen LogP contribution in [0.5, 0.6) is 0 Å². The van der Waals surface area contributed by atoms with Crippen LogP contribution in [0.15, 0.2) is 9.59 Å². The highest BCUT2D eigenvalue weighted by atomic mass is 16.2. The molecule has 2 aromatic rings. The fourth-order valence-electron chi connectivity index (χ4n) is 3.88. The van der Waals surface area contributed by atoms with Crippen LogP contribution < -0.4 is 11.2 Å². The molecule has 0 N–H and O–H groups in total. The smallest absolute Gasteiger partial charge is 0.278 e. The van der Waals surface area contributed by atoms with Crippen molar-refractivity contribution in [3.8, 4) is 0 Å². The molecule has 0 radical (unpaired) electrons. The minimum absolute atomic E-state index is 0.289. The third kappa shape index (κ3) is 1.40. The van der Waals surface area contributed by atoms with E-state index >= 15 is 0 Å². The number of fused-ring (bicyclic) bond motifs is 3. The van der Waals surface area contributed by atoms with Crippen LogP contribution >= 0.6 is 0 Å². The zero-order chi connectivity index (χ0) is 14.0. The maximum absolute atomic E-state index is 12.1. The van der Waals surface area contributed by atoms with Gasteiger partial charge in [-0.3, -0.25) is 13.9 Å². The zero-order valence-electron chi connectivity index (χ0n) is 11.6. The third-order valence-electron chi connectivity index (χ3n) is 5.01. The van der Waals surface area contributed by atoms with Crippen molar-refractivity contribution < 1.29 is 0 Å². The van der Waals surface area contributed by atoms with Gasteiger partial charge in [0, 0.05) is 14.1 Å². The summed E-state index contributed by atoms with van der Waals surface area (Å²) in [5, 5.41) is 8.82. The number of hydrogen-bond donors (Lipinski definition) is 0. The first-order valence-electron chi connectivity index (χ1n) is 7.09. The van der Waals surface area contributed by atoms with Crippen LogP contribution in [0.25, 0.3) is 11.2 Å². The number of hydrogen-bond acceptors (Lipinski definition) is 4. The summed E-state index contributed by atoms with van der Waals surface area (Å²) < 4.78 is 2.48. The highest BCUT2D eigenvalue weighted by molar-refractivity contribution is 5.67. The summed E-state index contributed by atoms with van der Waals surface area (Å²) in [7, 11) is 3.10. The van der Waals surface area contributed by atoms with E-state index in [2.05, 4.69) is 10.2 Å². The van der Waals surface area contributed by atoms with Crippen molar-refractivity contribution in [1.29, 1.82) is 0 Å². The Hall–Kier alpha value is -1.92. The highest BCUT2D eigenvalue weighted by Crippen LogP contribution is 2.50. The first-order valence-corrected chi connectivity index (χ1v) is 7.09. The minimum atomic E-state index is -0.363. The molecule has 2 aliphatic carbocycles. The van der Waals surface area contributed by atoms with Gasteiger partial charge in [-0.05, 0) is 31.1 Å². The molecule has 2 aliphatic rings. The van der Waals surface area contributed by atoms with Gasteiger partial charge in [0.05, 0.1) is 6.04 Å². The van der Waals surface area contributed by atoms with E-state index in [1.807, 2.05) is 0 Å². The Kier molecular flexibility index (Phi) is 2.26. The lowest BCUT2D eigenvalue weighted by atomic mass is 9.96. The average molecular weight is 275 g/mol. The predicted octanol–water partition coefficient (Wildman–Crippen LogP) is 0.190. The fraction of sp³-hybridized carbons (Fsp3) is 0.692. The van der Waals surface area contributed by atoms with Crippen molar-refractivity contribution >= 4 is 11.2 Å². The molecule has 2 bridgehead atoms. The Bertz CT molecular complexity index is 815. The van der Waals surface area contributed by atoms with Crippen LogP contribution in [0.2, 0.25) is 0 Å². The van der Waals surface area contributed by atoms with Gasteiger partial charge >= 0.3 is 5.69 Å². The van der Waals surface area contributed by atoms with Gasteiger partial charge in [0.2, 0.25) is 0 Å². The molecule has 2 saturated carbocycles. The molecule has 7 nitrogen and oxygen atoms in total. The molecule has 2 heterocycles. The molecule has 0 aromatic carbocycles. The predicted molar refractivity (Wildman–Crippen MR) is 72.5 cm³/mol. The molecular formula is C13H17N5O2. The average Bonchev–Trinajstić information content (AvgIpc) is 3.15. The van der Waals surface area contributed by atoms with E-state index in [9.17, 15) is 9.59 Å². The van der Waals surface area contributed by atoms with Gasteiger partial charge in [-0.1, -0.05) is 6.42 Å². The van der Waals surface area contributed by atoms with Crippen LogP contribution in [0, 0.1) is 11.8 Å². The van der Waals surface area contributed by atoms with Gasteiger partial charge in [-0.25, -0.2) is 4.79 Å². The second-order valence-corrected chi connectivity index (χ2v) is 6.14. The lowest BCUT2D eigenvalue weighted by molar-refractivity contribution is 0.282. The van der Waals surface area contributed by atoms with Crippen molar-refractivity contribution in [3.05, 3.63) is 20.8 Å². The molecular weight excluding hydrogens is 258 g/mol. The summed E-state index contributed by atoms with van der Waals surface area (Å²) in [5.74, 6) is 1.41. The van der Waals surface area contributed by atoms with Crippen LogP contribution in [0.3, 0.4) is 0 Å². The van der Waals surface area contributed by atoms with Crippen molar-refractivity contribution in [3.63, 3.8) is 0 Å². The van der Waals surface area contributed by atoms with Gasteiger partial charge in [0.25, 0.3) is 5.56 Å². The maximum atomic E-state index is 12.1. The summed E-state index contributed by atoms with van der Waals surface area (Å²) in [4.78, 5) is 25.7. The normalized spacial score (nSPS) is 28.6. The molecule has 20 heavy (non-hydrogen) atoms. The summed E-state index contributed by atoms with van der Waals surface area (Å²) in [6.45, 7) is 0. The van der Waals surface area contributed by atoms with Crippen molar-refractivity contribution in [2.75, 3.05) is 0 Å². The topological polar surface area (TPSA) is 74.7 Å². The first-order chi connectivity index (χ1) is 9.56. The molecule has 0 aliphatic heterocycles. The summed E-state index contributed by atoms with van der Waals surface area (Å²) in [6.07, 6.45) is 4.88. The van der Waals surface area contributed by atoms with Crippen LogP contribution in [-0.4, -0.2) is 24.1 Å². The molecule has 106 valence electrons. The Labute approximate surface area is 114 Å². The quantitative estimate of drug-likeness (QED) is 0.744. The van der Waals surface area contributed by atoms with E-state index < -0.39 is 0 Å². The Morgan fingerprint density at radius 3 is 2.50 bits per heavy atom. The SMILES string of the molecule is Cn1c(=O)c2nn([C@@H]3C[C@@H]4CC[C@H]3C4)nc2n(C)c1=O. The van der Waals surface area contributed by atoms with Gasteiger partial charge in [-0.15, -0.1) is 10.2 Å². The van der Waals surface area contributed by atoms with Crippen LogP contribution in [-0.2, 0) is 14.1 Å². The van der Waals surface area contributed by atoms with E-state index in [1.54, 1.807) is 11.8 Å². The second-order valence-electron chi connectivity index (χ2n) is 6.14. The van der Waals surface area contributed by atoms with Gasteiger partial charge in [0.1, 0.15) is 0 Å². The van der Waals surface area contributed by atoms with Gasteiger partial charge in [0.15, 0.2) is 11.2 Å². The maximum Gasteiger partial charge on any atom is 0.332 e. The zero-order valence-corrected chi connectivity index (χ0v) is 11.6. The van der Waals surface area contributed by atoms with E-state index in [0.717, 1.165) is 16.9 Å². The fourth-order valence-corrected chi connectivity index (χ4v) is 3.88. The Morgan fingerprint density at radius 1 is 1.05 bits per heavy atom. The van der Waals surface area contributed by atoms with Crippen LogP contribution in [0.1, 0.15) is 31.7 Å². The first kappa shape index (κ1) is 11.9. The molecule has 7 heteroatoms. The molecule has 4 rings (SSSR count). The van der Waals surface area contributed by atoms with E-state index in [-0.39, 0.29) is 16.8 Å². The molecule has 0 unspecified atom stereocenters. The van der Waals surface area contributed by atoms with E-state index in [1.165, 1.54) is 30.9 Å². The van der Waals surface area contributed by atoms with Gasteiger partial charge in [-0.2, -0.15) is 4.80 Å². The minimum Gasteiger partial charge on any atom is -0.278 e. The summed E-state index contributed by atoms with van der Waals surface area (Å²) in [5.41, 5.74) is -0.0433. The largest absolute Gasteiger partial charge is 0.332 e. The number of rotatable bonds is 1. The van der Waals surface area contributed by atoms with E-state index in [4.69, 9.17) is 0 Å². The van der Waals surface area contributed by atoms with Crippen molar-refractivity contribution in [1.82, 2.24) is 24.1 Å². The van der Waals surface area contributed by atoms with Gasteiger partial charge < -0.3 is 0 Å². The molecule has 0 saturated heterocycles. The number of aryl methyl sites for hydroxylation is 1. The Balaban J connectivity index is 1.92. The molecule has 0 spiro atoms. The summed E-state index contributed by atoms with van der Waals surface area (Å²) in [6, 6.07) is 0.293. The molecule has 3 atom stereocenters. The van der Waals surface area contributed by atoms with E-state index in [0.29, 0.717) is 17.6 Å². The lowest BCUT2D eigenvalue weighted by Gasteiger charge is -2.20. The Morgan fingerprint density at radius 2 is 1.85 bits per heavy atom. The molecule has 2 fully saturated rings. The van der Waals surface area contributed by atoms with Crippen molar-refractivity contribution in [2.45, 2.75) is 31.7 Å². The molecule has 2 aromatic heterocycles. The second kappa shape index (κ2) is 3.80. The number of nitrogens with zero attached hydrogens (tertiary/aromatic N) is 5. The van der Waals surface area contributed by atoms with Crippen LogP contribution in [0.4, 0.5) is 0 Å². The number of aromatic nitrogens is 5. The van der Waals surface area contributed by atoms with Crippen molar-refractivity contribution in [2.24, 2.45) is 25.9 Å². The highest BCUT2D eigenvalue weighted by Gasteiger charge is 2.41. The standard InChI is InChI=1S/C13H17N5O2/c1-16-11-10(12(19)17(2)13(16)20)14-18(15-11)9-6-7-3-4-8(9)5-7/h7-9H,3-6H2,1-2H3/t7-,8+,9-/m1/s1. The lowest BCUT2D eigenvalue weighted by Crippen LogP contribution is -2.36. The molecule has 0 amide bonds.